The van der Waals surface area contributed by atoms with Gasteiger partial charge >= 0.3 is 0 Å². The number of aromatic nitrogens is 2. The number of hydrogen-bond donors (Lipinski definition) is 1. The molecule has 0 aliphatic carbocycles. The van der Waals surface area contributed by atoms with Crippen molar-refractivity contribution >= 4 is 17.7 Å². The monoisotopic (exact) mass is 375 g/mol. The second-order valence-electron chi connectivity index (χ2n) is 6.85. The van der Waals surface area contributed by atoms with E-state index in [0.29, 0.717) is 11.4 Å². The van der Waals surface area contributed by atoms with Crippen LogP contribution in [0, 0.1) is 27.7 Å². The third kappa shape index (κ3) is 4.14. The minimum Gasteiger partial charge on any atom is -0.455 e. The van der Waals surface area contributed by atoms with Gasteiger partial charge in [-0.2, -0.15) is 5.10 Å². The molecular weight excluding hydrogens is 350 g/mol. The van der Waals surface area contributed by atoms with E-state index in [1.54, 1.807) is 10.8 Å². The quantitative estimate of drug-likeness (QED) is 0.631. The van der Waals surface area contributed by atoms with E-state index < -0.39 is 0 Å². The number of para-hydroxylation sites is 3. The molecule has 3 aromatic rings. The van der Waals surface area contributed by atoms with E-state index in [1.165, 1.54) is 6.08 Å². The number of carbonyl (C=O) groups excluding carboxylic acids is 1. The van der Waals surface area contributed by atoms with Crippen LogP contribution in [0.4, 0.5) is 5.69 Å². The van der Waals surface area contributed by atoms with Gasteiger partial charge in [-0.25, -0.2) is 0 Å². The Morgan fingerprint density at radius 1 is 1.04 bits per heavy atom. The molecule has 0 spiro atoms. The molecule has 0 fully saturated rings. The van der Waals surface area contributed by atoms with Crippen molar-refractivity contribution in [3.63, 3.8) is 0 Å². The molecule has 0 aliphatic heterocycles. The Morgan fingerprint density at radius 2 is 1.71 bits per heavy atom. The van der Waals surface area contributed by atoms with Crippen molar-refractivity contribution in [2.24, 2.45) is 7.05 Å². The largest absolute Gasteiger partial charge is 0.455 e. The average molecular weight is 375 g/mol. The highest BCUT2D eigenvalue weighted by atomic mass is 16.5. The number of nitrogens with zero attached hydrogens (tertiary/aromatic N) is 2. The van der Waals surface area contributed by atoms with E-state index in [9.17, 15) is 4.79 Å². The molecule has 5 heteroatoms. The van der Waals surface area contributed by atoms with E-state index in [-0.39, 0.29) is 5.91 Å². The van der Waals surface area contributed by atoms with Crippen LogP contribution in [0.5, 0.6) is 11.5 Å². The SMILES string of the molecule is Cc1cccc(C)c1Oc1ccccc1NC(=O)C=Cc1c(C)nn(C)c1C. The third-order valence-corrected chi connectivity index (χ3v) is 4.73. The Labute approximate surface area is 165 Å². The zero-order valence-corrected chi connectivity index (χ0v) is 16.9. The first kappa shape index (κ1) is 19.4. The van der Waals surface area contributed by atoms with E-state index in [0.717, 1.165) is 33.8 Å². The van der Waals surface area contributed by atoms with Crippen LogP contribution < -0.4 is 10.1 Å². The number of amides is 1. The molecule has 0 bridgehead atoms. The summed E-state index contributed by atoms with van der Waals surface area (Å²) in [5.74, 6) is 1.19. The topological polar surface area (TPSA) is 56.1 Å². The van der Waals surface area contributed by atoms with Gasteiger partial charge in [0.2, 0.25) is 5.91 Å². The fraction of sp³-hybridized carbons (Fsp3) is 0.217. The first-order chi connectivity index (χ1) is 13.4. The summed E-state index contributed by atoms with van der Waals surface area (Å²) in [6.07, 6.45) is 3.31. The van der Waals surface area contributed by atoms with Crippen LogP contribution in [0.25, 0.3) is 6.08 Å². The first-order valence-corrected chi connectivity index (χ1v) is 9.19. The zero-order valence-electron chi connectivity index (χ0n) is 16.9. The Kier molecular flexibility index (Phi) is 5.64. The summed E-state index contributed by atoms with van der Waals surface area (Å²) in [5.41, 5.74) is 5.58. The predicted octanol–water partition coefficient (Wildman–Crippen LogP) is 5.10. The standard InChI is InChI=1S/C23H25N3O2/c1-15-9-8-10-16(2)23(15)28-21-12-7-6-11-20(21)24-22(27)14-13-19-17(3)25-26(5)18(19)4/h6-14H,1-5H3,(H,24,27). The van der Waals surface area contributed by atoms with Crippen LogP contribution in [0.15, 0.2) is 48.5 Å². The van der Waals surface area contributed by atoms with Gasteiger partial charge in [0.05, 0.1) is 11.4 Å². The zero-order chi connectivity index (χ0) is 20.3. The lowest BCUT2D eigenvalue weighted by atomic mass is 10.1. The van der Waals surface area contributed by atoms with Crippen molar-refractivity contribution in [1.29, 1.82) is 0 Å². The second kappa shape index (κ2) is 8.13. The molecule has 0 saturated carbocycles. The molecular formula is C23H25N3O2. The van der Waals surface area contributed by atoms with E-state index in [4.69, 9.17) is 4.74 Å². The van der Waals surface area contributed by atoms with E-state index in [1.807, 2.05) is 77.2 Å². The summed E-state index contributed by atoms with van der Waals surface area (Å²) in [5, 5.41) is 7.27. The molecule has 0 radical (unpaired) electrons. The number of aryl methyl sites for hydroxylation is 4. The first-order valence-electron chi connectivity index (χ1n) is 9.19. The van der Waals surface area contributed by atoms with Crippen LogP contribution in [0.2, 0.25) is 0 Å². The molecule has 0 aliphatic rings. The lowest BCUT2D eigenvalue weighted by Gasteiger charge is -2.14. The molecule has 144 valence electrons. The molecule has 0 unspecified atom stereocenters. The number of hydrogen-bond acceptors (Lipinski definition) is 3. The van der Waals surface area contributed by atoms with Crippen molar-refractivity contribution in [3.05, 3.63) is 76.6 Å². The summed E-state index contributed by atoms with van der Waals surface area (Å²) >= 11 is 0. The fourth-order valence-electron chi connectivity index (χ4n) is 3.09. The second-order valence-corrected chi connectivity index (χ2v) is 6.85. The van der Waals surface area contributed by atoms with Gasteiger partial charge in [-0.05, 0) is 57.0 Å². The van der Waals surface area contributed by atoms with Crippen LogP contribution in [-0.4, -0.2) is 15.7 Å². The van der Waals surface area contributed by atoms with Crippen molar-refractivity contribution in [1.82, 2.24) is 9.78 Å². The number of benzene rings is 2. The van der Waals surface area contributed by atoms with Gasteiger partial charge in [-0.1, -0.05) is 30.3 Å². The van der Waals surface area contributed by atoms with Crippen molar-refractivity contribution in [3.8, 4) is 11.5 Å². The summed E-state index contributed by atoms with van der Waals surface area (Å²) in [6, 6.07) is 13.4. The predicted molar refractivity (Wildman–Crippen MR) is 113 cm³/mol. The van der Waals surface area contributed by atoms with Gasteiger partial charge in [-0.3, -0.25) is 9.48 Å². The number of anilines is 1. The summed E-state index contributed by atoms with van der Waals surface area (Å²) in [6.45, 7) is 7.92. The summed E-state index contributed by atoms with van der Waals surface area (Å²) < 4.78 is 7.93. The molecule has 1 amide bonds. The lowest BCUT2D eigenvalue weighted by Crippen LogP contribution is -2.09. The number of rotatable bonds is 5. The fourth-order valence-corrected chi connectivity index (χ4v) is 3.09. The molecule has 28 heavy (non-hydrogen) atoms. The molecule has 1 aromatic heterocycles. The van der Waals surface area contributed by atoms with Crippen LogP contribution in [0.3, 0.4) is 0 Å². The van der Waals surface area contributed by atoms with Gasteiger partial charge in [-0.15, -0.1) is 0 Å². The summed E-state index contributed by atoms with van der Waals surface area (Å²) in [4.78, 5) is 12.5. The average Bonchev–Trinajstić information content (AvgIpc) is 2.89. The van der Waals surface area contributed by atoms with Crippen molar-refractivity contribution < 1.29 is 9.53 Å². The maximum absolute atomic E-state index is 12.5. The van der Waals surface area contributed by atoms with Crippen molar-refractivity contribution in [2.75, 3.05) is 5.32 Å². The molecule has 3 rings (SSSR count). The van der Waals surface area contributed by atoms with Gasteiger partial charge in [0, 0.05) is 24.4 Å². The number of ether oxygens (including phenoxy) is 1. The summed E-state index contributed by atoms with van der Waals surface area (Å²) in [7, 11) is 1.89. The minimum absolute atomic E-state index is 0.222. The van der Waals surface area contributed by atoms with Crippen LogP contribution in [0.1, 0.15) is 28.1 Å². The molecule has 2 aromatic carbocycles. The Bertz CT molecular complexity index is 1030. The minimum atomic E-state index is -0.222. The van der Waals surface area contributed by atoms with E-state index in [2.05, 4.69) is 10.4 Å². The van der Waals surface area contributed by atoms with Gasteiger partial charge in [0.15, 0.2) is 5.75 Å². The Morgan fingerprint density at radius 3 is 2.36 bits per heavy atom. The van der Waals surface area contributed by atoms with Gasteiger partial charge in [0.25, 0.3) is 0 Å². The molecule has 1 N–H and O–H groups in total. The van der Waals surface area contributed by atoms with Crippen LogP contribution in [-0.2, 0) is 11.8 Å². The highest BCUT2D eigenvalue weighted by molar-refractivity contribution is 6.02. The smallest absolute Gasteiger partial charge is 0.248 e. The molecule has 0 atom stereocenters. The Hall–Kier alpha value is -3.34. The van der Waals surface area contributed by atoms with E-state index >= 15 is 0 Å². The van der Waals surface area contributed by atoms with Crippen molar-refractivity contribution in [2.45, 2.75) is 27.7 Å². The maximum atomic E-state index is 12.5. The van der Waals surface area contributed by atoms with Crippen LogP contribution >= 0.6 is 0 Å². The lowest BCUT2D eigenvalue weighted by molar-refractivity contribution is -0.111. The highest BCUT2D eigenvalue weighted by Gasteiger charge is 2.11. The maximum Gasteiger partial charge on any atom is 0.248 e. The third-order valence-electron chi connectivity index (χ3n) is 4.73. The normalized spacial score (nSPS) is 11.0. The van der Waals surface area contributed by atoms with Gasteiger partial charge in [0.1, 0.15) is 5.75 Å². The highest BCUT2D eigenvalue weighted by Crippen LogP contribution is 2.33. The Balaban J connectivity index is 1.80. The molecule has 0 saturated heterocycles. The molecule has 5 nitrogen and oxygen atoms in total. The number of carbonyl (C=O) groups is 1. The van der Waals surface area contributed by atoms with Gasteiger partial charge < -0.3 is 10.1 Å². The number of nitrogens with one attached hydrogen (secondary N) is 1. The molecule has 1 heterocycles.